The lowest BCUT2D eigenvalue weighted by atomic mass is 9.76. The average molecular weight is 356 g/mol. The van der Waals surface area contributed by atoms with Crippen LogP contribution in [0.15, 0.2) is 41.0 Å². The molecule has 2 aliphatic heterocycles. The Morgan fingerprint density at radius 3 is 2.88 bits per heavy atom. The molecule has 1 spiro atoms. The maximum Gasteiger partial charge on any atom is 0.117 e. The van der Waals surface area contributed by atoms with E-state index in [0.717, 1.165) is 49.8 Å². The number of furan rings is 1. The number of ether oxygens (including phenoxy) is 2. The van der Waals surface area contributed by atoms with E-state index in [9.17, 15) is 0 Å². The molecular weight excluding hydrogens is 328 g/mol. The van der Waals surface area contributed by atoms with Gasteiger partial charge < -0.3 is 13.9 Å². The minimum atomic E-state index is 0.219. The zero-order valence-corrected chi connectivity index (χ0v) is 15.5. The molecule has 0 saturated carbocycles. The summed E-state index contributed by atoms with van der Waals surface area (Å²) in [5.41, 5.74) is 2.36. The maximum absolute atomic E-state index is 6.07. The summed E-state index contributed by atoms with van der Waals surface area (Å²) in [6.45, 7) is 7.25. The van der Waals surface area contributed by atoms with Crippen LogP contribution in [0.4, 0.5) is 0 Å². The van der Waals surface area contributed by atoms with Crippen molar-refractivity contribution in [1.82, 2.24) is 9.88 Å². The third kappa shape index (κ3) is 4.34. The molecule has 0 amide bonds. The van der Waals surface area contributed by atoms with Gasteiger partial charge in [-0.05, 0) is 69.0 Å². The molecule has 0 N–H and O–H groups in total. The van der Waals surface area contributed by atoms with Crippen molar-refractivity contribution in [2.75, 3.05) is 26.3 Å². The van der Waals surface area contributed by atoms with Crippen molar-refractivity contribution in [1.29, 1.82) is 0 Å². The maximum atomic E-state index is 6.07. The molecule has 2 aromatic heterocycles. The average Bonchev–Trinajstić information content (AvgIpc) is 3.28. The Bertz CT molecular complexity index is 693. The summed E-state index contributed by atoms with van der Waals surface area (Å²) < 4.78 is 17.4. The van der Waals surface area contributed by atoms with E-state index in [4.69, 9.17) is 13.9 Å². The van der Waals surface area contributed by atoms with E-state index in [-0.39, 0.29) is 6.10 Å². The SMILES string of the molecule is Cc1cccc(COC[C@H]2CC3(CCN(Cc4ccco4)CC3)CO2)n1. The van der Waals surface area contributed by atoms with Crippen LogP contribution in [0.5, 0.6) is 0 Å². The van der Waals surface area contributed by atoms with Crippen LogP contribution >= 0.6 is 0 Å². The first-order valence-electron chi connectivity index (χ1n) is 9.57. The number of aromatic nitrogens is 1. The van der Waals surface area contributed by atoms with Crippen molar-refractivity contribution in [3.63, 3.8) is 0 Å². The fourth-order valence-electron chi connectivity index (χ4n) is 4.13. The number of likely N-dealkylation sites (tertiary alicyclic amines) is 1. The first kappa shape index (κ1) is 17.7. The van der Waals surface area contributed by atoms with Gasteiger partial charge in [-0.15, -0.1) is 0 Å². The molecule has 0 aliphatic carbocycles. The molecule has 2 saturated heterocycles. The Balaban J connectivity index is 1.20. The number of hydrogen-bond acceptors (Lipinski definition) is 5. The summed E-state index contributed by atoms with van der Waals surface area (Å²) in [6.07, 6.45) is 5.48. The van der Waals surface area contributed by atoms with E-state index in [0.29, 0.717) is 18.6 Å². The van der Waals surface area contributed by atoms with E-state index in [1.807, 2.05) is 31.2 Å². The zero-order chi connectivity index (χ0) is 17.8. The van der Waals surface area contributed by atoms with Gasteiger partial charge >= 0.3 is 0 Å². The van der Waals surface area contributed by atoms with Gasteiger partial charge in [0.05, 0.1) is 44.4 Å². The van der Waals surface area contributed by atoms with Gasteiger partial charge in [0, 0.05) is 5.69 Å². The monoisotopic (exact) mass is 356 g/mol. The quantitative estimate of drug-likeness (QED) is 0.792. The van der Waals surface area contributed by atoms with Crippen LogP contribution in [-0.2, 0) is 22.6 Å². The number of piperidine rings is 1. The summed E-state index contributed by atoms with van der Waals surface area (Å²) in [5.74, 6) is 1.06. The summed E-state index contributed by atoms with van der Waals surface area (Å²) in [5, 5.41) is 0. The Morgan fingerprint density at radius 1 is 1.23 bits per heavy atom. The smallest absolute Gasteiger partial charge is 0.117 e. The highest BCUT2D eigenvalue weighted by Gasteiger charge is 2.42. The predicted molar refractivity (Wildman–Crippen MR) is 98.6 cm³/mol. The van der Waals surface area contributed by atoms with Gasteiger partial charge in [-0.1, -0.05) is 6.07 Å². The van der Waals surface area contributed by atoms with Crippen LogP contribution in [-0.4, -0.2) is 42.3 Å². The molecular formula is C21H28N2O3. The number of aryl methyl sites for hydroxylation is 1. The molecule has 2 aliphatic rings. The van der Waals surface area contributed by atoms with Crippen molar-refractivity contribution in [3.05, 3.63) is 53.7 Å². The topological polar surface area (TPSA) is 47.7 Å². The van der Waals surface area contributed by atoms with Crippen LogP contribution in [0.3, 0.4) is 0 Å². The molecule has 4 rings (SSSR count). The van der Waals surface area contributed by atoms with Crippen molar-refractivity contribution in [3.8, 4) is 0 Å². The van der Waals surface area contributed by atoms with Gasteiger partial charge in [0.1, 0.15) is 5.76 Å². The molecule has 0 radical (unpaired) electrons. The number of rotatable bonds is 6. The third-order valence-corrected chi connectivity index (χ3v) is 5.66. The van der Waals surface area contributed by atoms with Gasteiger partial charge in [0.15, 0.2) is 0 Å². The summed E-state index contributed by atoms with van der Waals surface area (Å²) in [7, 11) is 0. The Kier molecular flexibility index (Phi) is 5.38. The highest BCUT2D eigenvalue weighted by atomic mass is 16.5. The molecule has 26 heavy (non-hydrogen) atoms. The molecule has 0 unspecified atom stereocenters. The number of pyridine rings is 1. The highest BCUT2D eigenvalue weighted by Crippen LogP contribution is 2.42. The standard InChI is InChI=1S/C21H28N2O3/c1-17-4-2-5-18(22-17)14-24-15-20-12-21(16-26-20)7-9-23(10-8-21)13-19-6-3-11-25-19/h2-6,11,20H,7-10,12-16H2,1H3/t20-/m1/s1. The molecule has 2 aromatic rings. The largest absolute Gasteiger partial charge is 0.468 e. The van der Waals surface area contributed by atoms with E-state index in [2.05, 4.69) is 16.0 Å². The summed E-state index contributed by atoms with van der Waals surface area (Å²) in [4.78, 5) is 6.96. The first-order valence-corrected chi connectivity index (χ1v) is 9.57. The fourth-order valence-corrected chi connectivity index (χ4v) is 4.13. The fraction of sp³-hybridized carbons (Fsp3) is 0.571. The highest BCUT2D eigenvalue weighted by molar-refractivity contribution is 5.09. The van der Waals surface area contributed by atoms with Crippen LogP contribution in [0.2, 0.25) is 0 Å². The Labute approximate surface area is 155 Å². The normalized spacial score (nSPS) is 22.9. The van der Waals surface area contributed by atoms with Gasteiger partial charge in [0.25, 0.3) is 0 Å². The number of nitrogens with zero attached hydrogens (tertiary/aromatic N) is 2. The summed E-state index contributed by atoms with van der Waals surface area (Å²) >= 11 is 0. The van der Waals surface area contributed by atoms with Gasteiger partial charge in [0.2, 0.25) is 0 Å². The van der Waals surface area contributed by atoms with Crippen molar-refractivity contribution in [2.24, 2.45) is 5.41 Å². The predicted octanol–water partition coefficient (Wildman–Crippen LogP) is 3.57. The molecule has 1 atom stereocenters. The molecule has 5 nitrogen and oxygen atoms in total. The van der Waals surface area contributed by atoms with Crippen LogP contribution in [0, 0.1) is 12.3 Å². The van der Waals surface area contributed by atoms with Crippen LogP contribution in [0.1, 0.15) is 36.4 Å². The van der Waals surface area contributed by atoms with Crippen molar-refractivity contribution >= 4 is 0 Å². The third-order valence-electron chi connectivity index (χ3n) is 5.66. The van der Waals surface area contributed by atoms with Crippen molar-refractivity contribution in [2.45, 2.75) is 45.4 Å². The molecule has 2 fully saturated rings. The minimum absolute atomic E-state index is 0.219. The molecule has 0 aromatic carbocycles. The van der Waals surface area contributed by atoms with Gasteiger partial charge in [-0.3, -0.25) is 9.88 Å². The Morgan fingerprint density at radius 2 is 2.12 bits per heavy atom. The van der Waals surface area contributed by atoms with Crippen LogP contribution < -0.4 is 0 Å². The summed E-state index contributed by atoms with van der Waals surface area (Å²) in [6, 6.07) is 10.1. The lowest BCUT2D eigenvalue weighted by molar-refractivity contribution is 0.00542. The van der Waals surface area contributed by atoms with E-state index in [1.165, 1.54) is 12.8 Å². The molecule has 4 heterocycles. The van der Waals surface area contributed by atoms with Crippen molar-refractivity contribution < 1.29 is 13.9 Å². The lowest BCUT2D eigenvalue weighted by Gasteiger charge is -2.38. The molecule has 5 heteroatoms. The lowest BCUT2D eigenvalue weighted by Crippen LogP contribution is -2.40. The zero-order valence-electron chi connectivity index (χ0n) is 15.5. The minimum Gasteiger partial charge on any atom is -0.468 e. The van der Waals surface area contributed by atoms with Gasteiger partial charge in [-0.25, -0.2) is 0 Å². The van der Waals surface area contributed by atoms with E-state index in [1.54, 1.807) is 6.26 Å². The van der Waals surface area contributed by atoms with Crippen LogP contribution in [0.25, 0.3) is 0 Å². The van der Waals surface area contributed by atoms with E-state index < -0.39 is 0 Å². The van der Waals surface area contributed by atoms with E-state index >= 15 is 0 Å². The second-order valence-corrected chi connectivity index (χ2v) is 7.78. The second kappa shape index (κ2) is 7.91. The number of hydrogen-bond donors (Lipinski definition) is 0. The Hall–Kier alpha value is -1.69. The second-order valence-electron chi connectivity index (χ2n) is 7.78. The van der Waals surface area contributed by atoms with Gasteiger partial charge in [-0.2, -0.15) is 0 Å². The molecule has 140 valence electrons. The first-order chi connectivity index (χ1) is 12.7. The molecule has 0 bridgehead atoms.